The Bertz CT molecular complexity index is 803. The van der Waals surface area contributed by atoms with Gasteiger partial charge < -0.3 is 10.1 Å². The third kappa shape index (κ3) is 4.35. The Hall–Kier alpha value is -2.70. The van der Waals surface area contributed by atoms with Crippen LogP contribution >= 0.6 is 0 Å². The average Bonchev–Trinajstić information content (AvgIpc) is 3.06. The molecule has 2 aromatic heterocycles. The second-order valence-electron chi connectivity index (χ2n) is 7.26. The van der Waals surface area contributed by atoms with Crippen molar-refractivity contribution in [3.8, 4) is 5.82 Å². The summed E-state index contributed by atoms with van der Waals surface area (Å²) >= 11 is 0. The Morgan fingerprint density at radius 2 is 2.11 bits per heavy atom. The molecule has 1 fully saturated rings. The lowest BCUT2D eigenvalue weighted by atomic mass is 9.78. The molecule has 144 valence electrons. The molecule has 2 heterocycles. The molecular formula is C20H26N4O3. The molecule has 1 saturated carbocycles. The zero-order valence-corrected chi connectivity index (χ0v) is 16.0. The minimum Gasteiger partial charge on any atom is -0.452 e. The minimum atomic E-state index is -0.560. The molecule has 1 amide bonds. The summed E-state index contributed by atoms with van der Waals surface area (Å²) in [5.74, 6) is 0.815. The second-order valence-corrected chi connectivity index (χ2v) is 7.26. The number of hydrogen-bond donors (Lipinski definition) is 1. The van der Waals surface area contributed by atoms with Crippen molar-refractivity contribution >= 4 is 11.9 Å². The molecule has 0 bridgehead atoms. The number of aromatic nitrogens is 3. The van der Waals surface area contributed by atoms with Gasteiger partial charge in [-0.15, -0.1) is 0 Å². The Labute approximate surface area is 159 Å². The summed E-state index contributed by atoms with van der Waals surface area (Å²) in [5.41, 5.74) is 0.946. The normalized spacial score (nSPS) is 22.3. The number of hydrogen-bond acceptors (Lipinski definition) is 5. The number of rotatable bonds is 5. The summed E-state index contributed by atoms with van der Waals surface area (Å²) in [4.78, 5) is 28.8. The average molecular weight is 370 g/mol. The summed E-state index contributed by atoms with van der Waals surface area (Å²) in [6.45, 7) is 5.86. The van der Waals surface area contributed by atoms with Crippen LogP contribution < -0.4 is 5.32 Å². The predicted octanol–water partition coefficient (Wildman–Crippen LogP) is 2.67. The quantitative estimate of drug-likeness (QED) is 0.818. The van der Waals surface area contributed by atoms with E-state index in [9.17, 15) is 9.59 Å². The smallest absolute Gasteiger partial charge is 0.342 e. The van der Waals surface area contributed by atoms with Crippen molar-refractivity contribution in [3.63, 3.8) is 0 Å². The highest BCUT2D eigenvalue weighted by Gasteiger charge is 2.28. The zero-order chi connectivity index (χ0) is 19.4. The maximum absolute atomic E-state index is 12.3. The number of nitrogens with one attached hydrogen (secondary N) is 1. The molecule has 3 atom stereocenters. The summed E-state index contributed by atoms with van der Waals surface area (Å²) in [7, 11) is 0. The molecular weight excluding hydrogens is 344 g/mol. The van der Waals surface area contributed by atoms with Crippen molar-refractivity contribution in [2.24, 2.45) is 11.8 Å². The minimum absolute atomic E-state index is 0.147. The third-order valence-corrected chi connectivity index (χ3v) is 5.48. The number of pyridine rings is 1. The lowest BCUT2D eigenvalue weighted by molar-refractivity contribution is -0.125. The van der Waals surface area contributed by atoms with Crippen molar-refractivity contribution in [2.45, 2.75) is 46.1 Å². The van der Waals surface area contributed by atoms with Gasteiger partial charge in [0.2, 0.25) is 0 Å². The third-order valence-electron chi connectivity index (χ3n) is 5.48. The van der Waals surface area contributed by atoms with Gasteiger partial charge >= 0.3 is 5.97 Å². The van der Waals surface area contributed by atoms with E-state index in [0.29, 0.717) is 28.9 Å². The Balaban J connectivity index is 1.57. The van der Waals surface area contributed by atoms with E-state index < -0.39 is 5.97 Å². The Kier molecular flexibility index (Phi) is 5.88. The second kappa shape index (κ2) is 8.33. The highest BCUT2D eigenvalue weighted by Crippen LogP contribution is 2.29. The monoisotopic (exact) mass is 370 g/mol. The van der Waals surface area contributed by atoms with Gasteiger partial charge in [-0.2, -0.15) is 5.10 Å². The summed E-state index contributed by atoms with van der Waals surface area (Å²) < 4.78 is 6.77. The van der Waals surface area contributed by atoms with Gasteiger partial charge in [0.15, 0.2) is 12.4 Å². The predicted molar refractivity (Wildman–Crippen MR) is 100 cm³/mol. The van der Waals surface area contributed by atoms with Crippen LogP contribution in [0, 0.1) is 18.8 Å². The molecule has 1 aliphatic carbocycles. The van der Waals surface area contributed by atoms with Crippen molar-refractivity contribution < 1.29 is 14.3 Å². The lowest BCUT2D eigenvalue weighted by Crippen LogP contribution is -2.45. The van der Waals surface area contributed by atoms with E-state index in [4.69, 9.17) is 4.74 Å². The molecule has 1 aliphatic rings. The first-order chi connectivity index (χ1) is 13.0. The van der Waals surface area contributed by atoms with Gasteiger partial charge in [-0.1, -0.05) is 32.8 Å². The SMILES string of the molecule is Cc1c(C(=O)OCC(=O)NC2CCCC(C)C2C)cnn1-c1ccccn1. The number of carbonyl (C=O) groups is 2. The van der Waals surface area contributed by atoms with E-state index in [0.717, 1.165) is 12.8 Å². The highest BCUT2D eigenvalue weighted by molar-refractivity contribution is 5.92. The Morgan fingerprint density at radius 3 is 2.85 bits per heavy atom. The molecule has 3 unspecified atom stereocenters. The lowest BCUT2D eigenvalue weighted by Gasteiger charge is -2.34. The number of amides is 1. The maximum atomic E-state index is 12.3. The molecule has 2 aromatic rings. The van der Waals surface area contributed by atoms with Gasteiger partial charge in [-0.05, 0) is 37.3 Å². The summed E-state index contributed by atoms with van der Waals surface area (Å²) in [6, 6.07) is 5.60. The highest BCUT2D eigenvalue weighted by atomic mass is 16.5. The molecule has 7 nitrogen and oxygen atoms in total. The van der Waals surface area contributed by atoms with E-state index in [2.05, 4.69) is 29.2 Å². The van der Waals surface area contributed by atoms with Crippen LogP contribution in [-0.2, 0) is 9.53 Å². The molecule has 0 aromatic carbocycles. The first kappa shape index (κ1) is 19.1. The maximum Gasteiger partial charge on any atom is 0.342 e. The molecule has 1 N–H and O–H groups in total. The van der Waals surface area contributed by atoms with Crippen LogP contribution in [0.1, 0.15) is 49.2 Å². The molecule has 7 heteroatoms. The van der Waals surface area contributed by atoms with E-state index in [1.807, 2.05) is 12.1 Å². The van der Waals surface area contributed by atoms with Gasteiger partial charge in [0, 0.05) is 12.2 Å². The summed E-state index contributed by atoms with van der Waals surface area (Å²) in [6.07, 6.45) is 6.38. The van der Waals surface area contributed by atoms with Gasteiger partial charge in [-0.3, -0.25) is 4.79 Å². The molecule has 3 rings (SSSR count). The summed E-state index contributed by atoms with van der Waals surface area (Å²) in [5, 5.41) is 7.20. The van der Waals surface area contributed by atoms with Crippen molar-refractivity contribution in [1.82, 2.24) is 20.1 Å². The van der Waals surface area contributed by atoms with Crippen molar-refractivity contribution in [1.29, 1.82) is 0 Å². The fourth-order valence-electron chi connectivity index (χ4n) is 3.56. The fraction of sp³-hybridized carbons (Fsp3) is 0.500. The molecule has 0 spiro atoms. The standard InChI is InChI=1S/C20H26N4O3/c1-13-7-6-8-17(14(13)2)23-19(25)12-27-20(26)16-11-22-24(15(16)3)18-9-4-5-10-21-18/h4-5,9-11,13-14,17H,6-8,12H2,1-3H3,(H,23,25). The van der Waals surface area contributed by atoms with Gasteiger partial charge in [0.25, 0.3) is 5.91 Å². The first-order valence-electron chi connectivity index (χ1n) is 9.40. The largest absolute Gasteiger partial charge is 0.452 e. The van der Waals surface area contributed by atoms with Crippen LogP contribution in [0.5, 0.6) is 0 Å². The van der Waals surface area contributed by atoms with Gasteiger partial charge in [0.05, 0.1) is 11.9 Å². The van der Waals surface area contributed by atoms with Crippen molar-refractivity contribution in [3.05, 3.63) is 41.9 Å². The zero-order valence-electron chi connectivity index (χ0n) is 16.0. The number of carbonyl (C=O) groups excluding carboxylic acids is 2. The van der Waals surface area contributed by atoms with E-state index in [1.54, 1.807) is 23.9 Å². The van der Waals surface area contributed by atoms with E-state index in [1.165, 1.54) is 12.6 Å². The van der Waals surface area contributed by atoms with Gasteiger partial charge in [-0.25, -0.2) is 14.5 Å². The number of esters is 1. The van der Waals surface area contributed by atoms with Crippen LogP contribution in [-0.4, -0.2) is 39.3 Å². The van der Waals surface area contributed by atoms with Gasteiger partial charge in [0.1, 0.15) is 5.56 Å². The van der Waals surface area contributed by atoms with Crippen LogP contribution in [0.2, 0.25) is 0 Å². The van der Waals surface area contributed by atoms with Crippen LogP contribution in [0.4, 0.5) is 0 Å². The Morgan fingerprint density at radius 1 is 1.30 bits per heavy atom. The molecule has 0 radical (unpaired) electrons. The van der Waals surface area contributed by atoms with Crippen LogP contribution in [0.3, 0.4) is 0 Å². The van der Waals surface area contributed by atoms with Crippen molar-refractivity contribution in [2.75, 3.05) is 6.61 Å². The van der Waals surface area contributed by atoms with Crippen LogP contribution in [0.25, 0.3) is 5.82 Å². The first-order valence-corrected chi connectivity index (χ1v) is 9.40. The number of ether oxygens (including phenoxy) is 1. The fourth-order valence-corrected chi connectivity index (χ4v) is 3.56. The molecule has 27 heavy (non-hydrogen) atoms. The molecule has 0 aliphatic heterocycles. The van der Waals surface area contributed by atoms with E-state index in [-0.39, 0.29) is 18.6 Å². The van der Waals surface area contributed by atoms with Crippen LogP contribution in [0.15, 0.2) is 30.6 Å². The van der Waals surface area contributed by atoms with E-state index >= 15 is 0 Å². The topological polar surface area (TPSA) is 86.1 Å². The number of nitrogens with zero attached hydrogens (tertiary/aromatic N) is 3. The molecule has 0 saturated heterocycles.